The van der Waals surface area contributed by atoms with Crippen molar-refractivity contribution in [3.8, 4) is 0 Å². The third kappa shape index (κ3) is 4.69. The summed E-state index contributed by atoms with van der Waals surface area (Å²) < 4.78 is 26.2. The number of likely N-dealkylation sites (N-methyl/N-ethyl adjacent to an activating group) is 1. The minimum absolute atomic E-state index is 0.0831. The molecule has 0 heterocycles. The zero-order valence-corrected chi connectivity index (χ0v) is 9.05. The van der Waals surface area contributed by atoms with E-state index in [9.17, 15) is 8.42 Å². The Hall–Kier alpha value is -0.130. The molecule has 0 N–H and O–H groups in total. The summed E-state index contributed by atoms with van der Waals surface area (Å²) >= 11 is 0. The van der Waals surface area contributed by atoms with Gasteiger partial charge in [0.05, 0.1) is 12.4 Å². The van der Waals surface area contributed by atoms with Crippen molar-refractivity contribution in [3.63, 3.8) is 0 Å². The summed E-state index contributed by atoms with van der Waals surface area (Å²) in [6.07, 6.45) is 0.751. The van der Waals surface area contributed by atoms with Gasteiger partial charge in [-0.05, 0) is 27.9 Å². The summed E-state index contributed by atoms with van der Waals surface area (Å²) in [6.45, 7) is 3.65. The summed E-state index contributed by atoms with van der Waals surface area (Å²) in [4.78, 5) is 1.91. The molecule has 0 fully saturated rings. The van der Waals surface area contributed by atoms with Gasteiger partial charge < -0.3 is 4.90 Å². The standard InChI is InChI=1S/C7H17NO3S/c1-6(8(3)4)7(2)11-12(5,9)10/h6-7H,1-5H3. The highest BCUT2D eigenvalue weighted by Crippen LogP contribution is 2.06. The zero-order chi connectivity index (χ0) is 9.94. The van der Waals surface area contributed by atoms with Crippen molar-refractivity contribution in [3.05, 3.63) is 0 Å². The minimum atomic E-state index is -3.33. The molecular weight excluding hydrogens is 178 g/mol. The molecule has 0 aliphatic rings. The summed E-state index contributed by atoms with van der Waals surface area (Å²) in [5, 5.41) is 0. The lowest BCUT2D eigenvalue weighted by molar-refractivity contribution is 0.128. The third-order valence-corrected chi connectivity index (χ3v) is 2.47. The van der Waals surface area contributed by atoms with Gasteiger partial charge in [0.2, 0.25) is 0 Å². The molecule has 0 aliphatic heterocycles. The molecule has 0 aromatic rings. The highest BCUT2D eigenvalue weighted by Gasteiger charge is 2.18. The van der Waals surface area contributed by atoms with Gasteiger partial charge in [-0.1, -0.05) is 0 Å². The van der Waals surface area contributed by atoms with Crippen LogP contribution in [0.5, 0.6) is 0 Å². The summed E-state index contributed by atoms with van der Waals surface area (Å²) in [5.74, 6) is 0. The smallest absolute Gasteiger partial charge is 0.264 e. The molecule has 0 saturated carbocycles. The van der Waals surface area contributed by atoms with E-state index in [0.717, 1.165) is 6.26 Å². The third-order valence-electron chi connectivity index (χ3n) is 1.82. The zero-order valence-electron chi connectivity index (χ0n) is 8.23. The van der Waals surface area contributed by atoms with E-state index in [1.54, 1.807) is 6.92 Å². The van der Waals surface area contributed by atoms with Gasteiger partial charge >= 0.3 is 0 Å². The van der Waals surface area contributed by atoms with Crippen LogP contribution in [-0.2, 0) is 14.3 Å². The van der Waals surface area contributed by atoms with Crippen LogP contribution < -0.4 is 0 Å². The van der Waals surface area contributed by atoms with Gasteiger partial charge in [-0.25, -0.2) is 0 Å². The highest BCUT2D eigenvalue weighted by molar-refractivity contribution is 7.86. The van der Waals surface area contributed by atoms with E-state index in [4.69, 9.17) is 4.18 Å². The van der Waals surface area contributed by atoms with E-state index in [1.165, 1.54) is 0 Å². The molecule has 0 bridgehead atoms. The molecule has 12 heavy (non-hydrogen) atoms. The Balaban J connectivity index is 4.14. The predicted molar refractivity (Wildman–Crippen MR) is 48.5 cm³/mol. The molecule has 0 amide bonds. The second-order valence-electron chi connectivity index (χ2n) is 3.21. The Morgan fingerprint density at radius 1 is 1.25 bits per heavy atom. The van der Waals surface area contributed by atoms with Gasteiger partial charge in [-0.15, -0.1) is 0 Å². The average Bonchev–Trinajstić information content (AvgIpc) is 1.82. The Bertz CT molecular complexity index is 223. The first kappa shape index (κ1) is 11.9. The maximum Gasteiger partial charge on any atom is 0.264 e. The fourth-order valence-corrected chi connectivity index (χ4v) is 1.49. The molecule has 74 valence electrons. The van der Waals surface area contributed by atoms with E-state index in [0.29, 0.717) is 0 Å². The van der Waals surface area contributed by atoms with Crippen LogP contribution in [-0.4, -0.2) is 45.8 Å². The predicted octanol–water partition coefficient (Wildman–Crippen LogP) is 0.301. The van der Waals surface area contributed by atoms with E-state index in [-0.39, 0.29) is 12.1 Å². The van der Waals surface area contributed by atoms with Gasteiger partial charge in [0.25, 0.3) is 10.1 Å². The molecule has 2 atom stereocenters. The number of rotatable bonds is 4. The van der Waals surface area contributed by atoms with Crippen LogP contribution in [0.3, 0.4) is 0 Å². The van der Waals surface area contributed by atoms with Crippen LogP contribution in [0.4, 0.5) is 0 Å². The van der Waals surface area contributed by atoms with Crippen molar-refractivity contribution < 1.29 is 12.6 Å². The van der Waals surface area contributed by atoms with Crippen LogP contribution in [0.2, 0.25) is 0 Å². The molecule has 0 rings (SSSR count). The fraction of sp³-hybridized carbons (Fsp3) is 1.00. The van der Waals surface area contributed by atoms with E-state index < -0.39 is 10.1 Å². The van der Waals surface area contributed by atoms with Crippen LogP contribution in [0.1, 0.15) is 13.8 Å². The van der Waals surface area contributed by atoms with Crippen molar-refractivity contribution in [2.45, 2.75) is 26.0 Å². The van der Waals surface area contributed by atoms with Crippen molar-refractivity contribution in [2.75, 3.05) is 20.4 Å². The fourth-order valence-electron chi connectivity index (χ4n) is 0.776. The quantitative estimate of drug-likeness (QED) is 0.605. The molecule has 0 aliphatic carbocycles. The monoisotopic (exact) mass is 195 g/mol. The SMILES string of the molecule is CC(OS(C)(=O)=O)C(C)N(C)C. The van der Waals surface area contributed by atoms with Gasteiger partial charge in [0.15, 0.2) is 0 Å². The molecule has 0 aromatic carbocycles. The van der Waals surface area contributed by atoms with Crippen LogP contribution in [0.15, 0.2) is 0 Å². The largest absolute Gasteiger partial charge is 0.304 e. The van der Waals surface area contributed by atoms with Gasteiger partial charge in [-0.3, -0.25) is 4.18 Å². The lowest BCUT2D eigenvalue weighted by Gasteiger charge is -2.25. The van der Waals surface area contributed by atoms with Crippen LogP contribution >= 0.6 is 0 Å². The molecule has 2 unspecified atom stereocenters. The van der Waals surface area contributed by atoms with Gasteiger partial charge in [0, 0.05) is 6.04 Å². The molecule has 0 radical (unpaired) electrons. The Morgan fingerprint density at radius 2 is 1.67 bits per heavy atom. The maximum absolute atomic E-state index is 10.7. The summed E-state index contributed by atoms with van der Waals surface area (Å²) in [6, 6.07) is 0.0831. The lowest BCUT2D eigenvalue weighted by atomic mass is 10.2. The van der Waals surface area contributed by atoms with E-state index in [2.05, 4.69) is 0 Å². The summed E-state index contributed by atoms with van der Waals surface area (Å²) in [5.41, 5.74) is 0. The lowest BCUT2D eigenvalue weighted by Crippen LogP contribution is -2.37. The molecule has 4 nitrogen and oxygen atoms in total. The number of hydrogen-bond donors (Lipinski definition) is 0. The van der Waals surface area contributed by atoms with Crippen molar-refractivity contribution in [1.82, 2.24) is 4.90 Å². The molecule has 5 heteroatoms. The topological polar surface area (TPSA) is 46.6 Å². The Labute approximate surface area is 74.6 Å². The Kier molecular flexibility index (Phi) is 4.16. The van der Waals surface area contributed by atoms with Gasteiger partial charge in [0.1, 0.15) is 0 Å². The first-order valence-electron chi connectivity index (χ1n) is 3.78. The van der Waals surface area contributed by atoms with Crippen LogP contribution in [0.25, 0.3) is 0 Å². The second kappa shape index (κ2) is 4.20. The molecule has 0 saturated heterocycles. The van der Waals surface area contributed by atoms with Crippen LogP contribution in [0, 0.1) is 0 Å². The van der Waals surface area contributed by atoms with Crippen molar-refractivity contribution in [1.29, 1.82) is 0 Å². The second-order valence-corrected chi connectivity index (χ2v) is 4.81. The molecular formula is C7H17NO3S. The minimum Gasteiger partial charge on any atom is -0.304 e. The van der Waals surface area contributed by atoms with Crippen molar-refractivity contribution in [2.24, 2.45) is 0 Å². The van der Waals surface area contributed by atoms with Gasteiger partial charge in [-0.2, -0.15) is 8.42 Å². The van der Waals surface area contributed by atoms with E-state index in [1.807, 2.05) is 25.9 Å². The first-order valence-corrected chi connectivity index (χ1v) is 5.60. The Morgan fingerprint density at radius 3 is 1.92 bits per heavy atom. The highest BCUT2D eigenvalue weighted by atomic mass is 32.2. The van der Waals surface area contributed by atoms with E-state index >= 15 is 0 Å². The number of hydrogen-bond acceptors (Lipinski definition) is 4. The molecule has 0 spiro atoms. The number of nitrogens with zero attached hydrogens (tertiary/aromatic N) is 1. The average molecular weight is 195 g/mol. The molecule has 0 aromatic heterocycles. The normalized spacial score (nSPS) is 17.8. The maximum atomic E-state index is 10.7. The van der Waals surface area contributed by atoms with Crippen molar-refractivity contribution >= 4 is 10.1 Å². The summed E-state index contributed by atoms with van der Waals surface area (Å²) in [7, 11) is 0.435. The first-order chi connectivity index (χ1) is 5.24.